The van der Waals surface area contributed by atoms with Gasteiger partial charge in [0, 0.05) is 30.9 Å². The lowest BCUT2D eigenvalue weighted by atomic mass is 9.89. The average molecular weight is 535 g/mol. The van der Waals surface area contributed by atoms with Crippen molar-refractivity contribution in [1.82, 2.24) is 24.1 Å². The quantitative estimate of drug-likeness (QED) is 0.402. The minimum Gasteiger partial charge on any atom is -0.379 e. The first-order valence-corrected chi connectivity index (χ1v) is 14.5. The molecule has 38 heavy (non-hydrogen) atoms. The molecule has 6 rings (SSSR count). The number of hydrogen-bond acceptors (Lipinski definition) is 7. The standard InChI is InChI=1S/C27H30N6O4S/c34-26(20-9-5-2-6-10-20)29-27-28-25-24(30-31-27)22-17-21(38(35,36)32-13-15-37-16-14-32)11-12-23(22)33(25)18-19-7-3-1-4-8-19/h1,3-4,7-8,11-12,17,20H,2,5-6,9-10,13-16,18H2,(H,28,29,31,34). The molecule has 10 nitrogen and oxygen atoms in total. The van der Waals surface area contributed by atoms with Crippen LogP contribution in [0.1, 0.15) is 37.7 Å². The van der Waals surface area contributed by atoms with Crippen molar-refractivity contribution < 1.29 is 17.9 Å². The highest BCUT2D eigenvalue weighted by Crippen LogP contribution is 2.31. The van der Waals surface area contributed by atoms with Crippen LogP contribution in [-0.4, -0.2) is 64.7 Å². The number of morpholine rings is 1. The van der Waals surface area contributed by atoms with Gasteiger partial charge >= 0.3 is 0 Å². The summed E-state index contributed by atoms with van der Waals surface area (Å²) in [4.78, 5) is 17.8. The Bertz CT molecular complexity index is 1580. The van der Waals surface area contributed by atoms with E-state index in [-0.39, 0.29) is 22.7 Å². The molecule has 0 unspecified atom stereocenters. The SMILES string of the molecule is O=C(Nc1nnc2c3cc(S(=O)(=O)N4CCOCC4)ccc3n(Cc3ccccc3)c2n1)C1CCCCC1. The molecule has 4 aromatic rings. The second-order valence-corrected chi connectivity index (χ2v) is 11.8. The van der Waals surface area contributed by atoms with Gasteiger partial charge in [0.1, 0.15) is 5.52 Å². The largest absolute Gasteiger partial charge is 0.379 e. The van der Waals surface area contributed by atoms with E-state index in [0.29, 0.717) is 49.4 Å². The van der Waals surface area contributed by atoms with Crippen molar-refractivity contribution in [2.24, 2.45) is 5.92 Å². The summed E-state index contributed by atoms with van der Waals surface area (Å²) in [6.07, 6.45) is 5.01. The summed E-state index contributed by atoms with van der Waals surface area (Å²) in [5, 5.41) is 12.2. The van der Waals surface area contributed by atoms with E-state index in [1.165, 1.54) is 4.31 Å². The molecule has 0 bridgehead atoms. The molecule has 2 aliphatic rings. The van der Waals surface area contributed by atoms with Crippen LogP contribution < -0.4 is 5.32 Å². The molecule has 0 atom stereocenters. The van der Waals surface area contributed by atoms with E-state index in [1.807, 2.05) is 34.9 Å². The van der Waals surface area contributed by atoms with Crippen molar-refractivity contribution in [2.45, 2.75) is 43.5 Å². The van der Waals surface area contributed by atoms with Crippen molar-refractivity contribution in [3.63, 3.8) is 0 Å². The van der Waals surface area contributed by atoms with Crippen molar-refractivity contribution in [3.8, 4) is 0 Å². The fraction of sp³-hybridized carbons (Fsp3) is 0.407. The van der Waals surface area contributed by atoms with E-state index >= 15 is 0 Å². The highest BCUT2D eigenvalue weighted by molar-refractivity contribution is 7.89. The molecule has 0 radical (unpaired) electrons. The average Bonchev–Trinajstić information content (AvgIpc) is 3.26. The predicted molar refractivity (Wildman–Crippen MR) is 143 cm³/mol. The molecule has 1 aliphatic heterocycles. The molecule has 1 N–H and O–H groups in total. The summed E-state index contributed by atoms with van der Waals surface area (Å²) in [5.41, 5.74) is 2.88. The Hall–Kier alpha value is -3.41. The molecule has 2 aromatic heterocycles. The van der Waals surface area contributed by atoms with Crippen molar-refractivity contribution in [3.05, 3.63) is 54.1 Å². The van der Waals surface area contributed by atoms with Gasteiger partial charge in [-0.25, -0.2) is 8.42 Å². The summed E-state index contributed by atoms with van der Waals surface area (Å²) in [6, 6.07) is 15.0. The summed E-state index contributed by atoms with van der Waals surface area (Å²) in [7, 11) is -3.69. The third-order valence-electron chi connectivity index (χ3n) is 7.44. The number of benzene rings is 2. The highest BCUT2D eigenvalue weighted by atomic mass is 32.2. The monoisotopic (exact) mass is 534 g/mol. The topological polar surface area (TPSA) is 119 Å². The Morgan fingerprint density at radius 3 is 2.53 bits per heavy atom. The Morgan fingerprint density at radius 2 is 1.76 bits per heavy atom. The zero-order chi connectivity index (χ0) is 26.1. The number of aromatic nitrogens is 4. The van der Waals surface area contributed by atoms with Crippen LogP contribution in [0.5, 0.6) is 0 Å². The normalized spacial score (nSPS) is 17.7. The number of nitrogens with zero attached hydrogens (tertiary/aromatic N) is 5. The maximum Gasteiger partial charge on any atom is 0.251 e. The van der Waals surface area contributed by atoms with Gasteiger partial charge in [0.25, 0.3) is 5.95 Å². The fourth-order valence-electron chi connectivity index (χ4n) is 5.39. The molecule has 0 spiro atoms. The maximum absolute atomic E-state index is 13.4. The number of hydrogen-bond donors (Lipinski definition) is 1. The van der Waals surface area contributed by atoms with Crippen molar-refractivity contribution >= 4 is 43.9 Å². The third kappa shape index (κ3) is 4.77. The van der Waals surface area contributed by atoms with E-state index in [4.69, 9.17) is 9.72 Å². The maximum atomic E-state index is 13.4. The van der Waals surface area contributed by atoms with E-state index in [9.17, 15) is 13.2 Å². The van der Waals surface area contributed by atoms with Gasteiger partial charge in [-0.1, -0.05) is 49.6 Å². The number of ether oxygens (including phenoxy) is 1. The summed E-state index contributed by atoms with van der Waals surface area (Å²) >= 11 is 0. The summed E-state index contributed by atoms with van der Waals surface area (Å²) < 4.78 is 35.5. The Labute approximate surface area is 221 Å². The lowest BCUT2D eigenvalue weighted by Crippen LogP contribution is -2.40. The van der Waals surface area contributed by atoms with E-state index in [1.54, 1.807) is 18.2 Å². The lowest BCUT2D eigenvalue weighted by molar-refractivity contribution is -0.120. The summed E-state index contributed by atoms with van der Waals surface area (Å²) in [5.74, 6) is 0.0491. The molecular weight excluding hydrogens is 504 g/mol. The molecule has 1 saturated carbocycles. The Kier molecular flexibility index (Phi) is 6.81. The minimum atomic E-state index is -3.69. The first-order valence-electron chi connectivity index (χ1n) is 13.1. The van der Waals surface area contributed by atoms with Crippen molar-refractivity contribution in [2.75, 3.05) is 31.6 Å². The van der Waals surface area contributed by atoms with E-state index < -0.39 is 10.0 Å². The Morgan fingerprint density at radius 1 is 1.00 bits per heavy atom. The van der Waals surface area contributed by atoms with Gasteiger partial charge in [0.2, 0.25) is 15.9 Å². The molecule has 2 aromatic carbocycles. The van der Waals surface area contributed by atoms with E-state index in [2.05, 4.69) is 15.5 Å². The van der Waals surface area contributed by atoms with Gasteiger partial charge in [0.05, 0.1) is 23.6 Å². The number of carbonyl (C=O) groups excluding carboxylic acids is 1. The number of nitrogens with one attached hydrogen (secondary N) is 1. The van der Waals surface area contributed by atoms with Crippen molar-refractivity contribution in [1.29, 1.82) is 0 Å². The molecule has 11 heteroatoms. The Balaban J connectivity index is 1.43. The molecule has 1 aliphatic carbocycles. The summed E-state index contributed by atoms with van der Waals surface area (Å²) in [6.45, 7) is 1.90. The van der Waals surface area contributed by atoms with Gasteiger partial charge < -0.3 is 9.30 Å². The molecule has 198 valence electrons. The van der Waals surface area contributed by atoms with Crippen LogP contribution in [-0.2, 0) is 26.1 Å². The number of carbonyl (C=O) groups is 1. The van der Waals surface area contributed by atoms with Crippen LogP contribution in [0.2, 0.25) is 0 Å². The number of sulfonamides is 1. The lowest BCUT2D eigenvalue weighted by Gasteiger charge is -2.26. The number of fused-ring (bicyclic) bond motifs is 3. The molecule has 1 saturated heterocycles. The first-order chi connectivity index (χ1) is 18.5. The zero-order valence-corrected chi connectivity index (χ0v) is 21.9. The number of anilines is 1. The minimum absolute atomic E-state index is 0.0359. The molecule has 2 fully saturated rings. The van der Waals surface area contributed by atoms with Gasteiger partial charge in [0.15, 0.2) is 5.65 Å². The van der Waals surface area contributed by atoms with Crippen LogP contribution in [0.3, 0.4) is 0 Å². The second kappa shape index (κ2) is 10.4. The van der Waals surface area contributed by atoms with Crippen LogP contribution in [0.4, 0.5) is 5.95 Å². The van der Waals surface area contributed by atoms with E-state index in [0.717, 1.165) is 43.2 Å². The van der Waals surface area contributed by atoms with Gasteiger partial charge in [-0.3, -0.25) is 10.1 Å². The third-order valence-corrected chi connectivity index (χ3v) is 9.33. The van der Waals surface area contributed by atoms with Gasteiger partial charge in [-0.05, 0) is 36.6 Å². The van der Waals surface area contributed by atoms with Crippen LogP contribution in [0.15, 0.2) is 53.4 Å². The molecular formula is C27H30N6O4S. The predicted octanol–water partition coefficient (Wildman–Crippen LogP) is 3.57. The van der Waals surface area contributed by atoms with Gasteiger partial charge in [-0.15, -0.1) is 10.2 Å². The number of amides is 1. The number of rotatable bonds is 6. The molecule has 3 heterocycles. The first kappa shape index (κ1) is 24.9. The molecule has 1 amide bonds. The van der Waals surface area contributed by atoms with Crippen LogP contribution in [0, 0.1) is 5.92 Å². The second-order valence-electron chi connectivity index (χ2n) is 9.90. The highest BCUT2D eigenvalue weighted by Gasteiger charge is 2.28. The zero-order valence-electron chi connectivity index (χ0n) is 21.0. The van der Waals surface area contributed by atoms with Crippen LogP contribution >= 0.6 is 0 Å². The van der Waals surface area contributed by atoms with Crippen LogP contribution in [0.25, 0.3) is 22.1 Å². The smallest absolute Gasteiger partial charge is 0.251 e. The van der Waals surface area contributed by atoms with Gasteiger partial charge in [-0.2, -0.15) is 9.29 Å². The fourth-order valence-corrected chi connectivity index (χ4v) is 6.82.